The van der Waals surface area contributed by atoms with E-state index in [2.05, 4.69) is 9.44 Å². The minimum Gasteiger partial charge on any atom is -0.497 e. The molecule has 4 aromatic rings. The molecule has 0 aliphatic carbocycles. The number of nitrogens with zero attached hydrogens (tertiary/aromatic N) is 1. The van der Waals surface area contributed by atoms with E-state index in [1.807, 2.05) is 22.6 Å². The second-order valence-electron chi connectivity index (χ2n) is 8.61. The number of esters is 1. The van der Waals surface area contributed by atoms with Crippen LogP contribution in [0.2, 0.25) is 0 Å². The Bertz CT molecular complexity index is 1940. The summed E-state index contributed by atoms with van der Waals surface area (Å²) in [5.74, 6) is -0.703. The molecule has 0 aliphatic heterocycles. The molecule has 2 N–H and O–H groups in total. The number of sulfonamides is 2. The average Bonchev–Trinajstić information content (AvgIpc) is 3.32. The smallest absolute Gasteiger partial charge is 0.357 e. The Morgan fingerprint density at radius 2 is 1.45 bits per heavy atom. The lowest BCUT2D eigenvalue weighted by atomic mass is 10.2. The summed E-state index contributed by atoms with van der Waals surface area (Å²) in [5, 5.41) is -0.0317. The number of carbonyl (C=O) groups excluding carboxylic acids is 1. The van der Waals surface area contributed by atoms with E-state index in [1.165, 1.54) is 74.7 Å². The monoisotopic (exact) mass is 747 g/mol. The van der Waals surface area contributed by atoms with Crippen LogP contribution in [0, 0.1) is 3.57 Å². The van der Waals surface area contributed by atoms with E-state index in [0.717, 1.165) is 0 Å². The minimum atomic E-state index is -4.60. The highest BCUT2D eigenvalue weighted by atomic mass is 127. The largest absolute Gasteiger partial charge is 0.497 e. The standard InChI is InChI=1S/C26H26IN3O9S3/c1-3-39-26(31)24-25(41(34,35)29-16-15-28-40(32,33)20-12-10-19(38-2)11-13-20)22-17-18(27)9-14-23(22)30(24)42(36,37)21-7-5-4-6-8-21/h4-14,17,28-29H,3,15-16H2,1-2H3. The first kappa shape index (κ1) is 31.9. The zero-order valence-corrected chi connectivity index (χ0v) is 26.9. The molecule has 0 bridgehead atoms. The summed E-state index contributed by atoms with van der Waals surface area (Å²) < 4.78 is 96.3. The normalized spacial score (nSPS) is 12.4. The predicted octanol–water partition coefficient (Wildman–Crippen LogP) is 2.93. The Labute approximate surface area is 257 Å². The van der Waals surface area contributed by atoms with Crippen molar-refractivity contribution in [3.63, 3.8) is 0 Å². The Kier molecular flexibility index (Phi) is 9.63. The van der Waals surface area contributed by atoms with E-state index in [4.69, 9.17) is 9.47 Å². The van der Waals surface area contributed by atoms with Crippen molar-refractivity contribution in [3.05, 3.63) is 82.1 Å². The number of benzene rings is 3. The van der Waals surface area contributed by atoms with Gasteiger partial charge in [0.05, 0.1) is 29.0 Å². The molecule has 3 aromatic carbocycles. The van der Waals surface area contributed by atoms with Crippen molar-refractivity contribution in [1.29, 1.82) is 0 Å². The molecule has 0 fully saturated rings. The van der Waals surface area contributed by atoms with Gasteiger partial charge in [0.25, 0.3) is 10.0 Å². The average molecular weight is 748 g/mol. The van der Waals surface area contributed by atoms with Crippen molar-refractivity contribution < 1.29 is 39.5 Å². The van der Waals surface area contributed by atoms with Gasteiger partial charge >= 0.3 is 5.97 Å². The summed E-state index contributed by atoms with van der Waals surface area (Å²) in [6.45, 7) is 0.590. The van der Waals surface area contributed by atoms with Gasteiger partial charge in [-0.15, -0.1) is 0 Å². The molecule has 42 heavy (non-hydrogen) atoms. The third-order valence-electron chi connectivity index (χ3n) is 5.94. The number of ether oxygens (including phenoxy) is 2. The second-order valence-corrected chi connectivity index (χ2v) is 15.1. The van der Waals surface area contributed by atoms with Crippen molar-refractivity contribution in [2.45, 2.75) is 21.6 Å². The van der Waals surface area contributed by atoms with Crippen molar-refractivity contribution in [2.24, 2.45) is 0 Å². The molecule has 0 amide bonds. The number of carbonyl (C=O) groups is 1. The molecule has 0 radical (unpaired) electrons. The van der Waals surface area contributed by atoms with E-state index >= 15 is 0 Å². The number of halogens is 1. The Balaban J connectivity index is 1.75. The highest BCUT2D eigenvalue weighted by Gasteiger charge is 2.37. The van der Waals surface area contributed by atoms with Gasteiger partial charge in [-0.05, 0) is 84.1 Å². The van der Waals surface area contributed by atoms with Crippen LogP contribution < -0.4 is 14.2 Å². The molecule has 0 saturated carbocycles. The van der Waals surface area contributed by atoms with E-state index < -0.39 is 53.2 Å². The number of methoxy groups -OCH3 is 1. The molecular weight excluding hydrogens is 721 g/mol. The zero-order valence-electron chi connectivity index (χ0n) is 22.3. The van der Waals surface area contributed by atoms with E-state index in [1.54, 1.807) is 12.1 Å². The van der Waals surface area contributed by atoms with Gasteiger partial charge in [-0.1, -0.05) is 18.2 Å². The van der Waals surface area contributed by atoms with Crippen molar-refractivity contribution in [3.8, 4) is 5.75 Å². The van der Waals surface area contributed by atoms with Crippen LogP contribution in [0.3, 0.4) is 0 Å². The first-order valence-electron chi connectivity index (χ1n) is 12.3. The Morgan fingerprint density at radius 3 is 2.05 bits per heavy atom. The maximum atomic E-state index is 13.8. The quantitative estimate of drug-likeness (QED) is 0.126. The third-order valence-corrected chi connectivity index (χ3v) is 11.3. The maximum absolute atomic E-state index is 13.8. The molecule has 1 aromatic heterocycles. The van der Waals surface area contributed by atoms with Crippen LogP contribution in [0.15, 0.2) is 87.5 Å². The van der Waals surface area contributed by atoms with Crippen LogP contribution in [0.5, 0.6) is 5.75 Å². The van der Waals surface area contributed by atoms with Crippen molar-refractivity contribution >= 4 is 69.5 Å². The van der Waals surface area contributed by atoms with Crippen LogP contribution in [-0.4, -0.2) is 62.0 Å². The van der Waals surface area contributed by atoms with Crippen LogP contribution in [0.4, 0.5) is 0 Å². The van der Waals surface area contributed by atoms with E-state index in [-0.39, 0.29) is 33.8 Å². The molecule has 0 spiro atoms. The summed E-state index contributed by atoms with van der Waals surface area (Å²) in [6, 6.07) is 17.3. The highest BCUT2D eigenvalue weighted by Crippen LogP contribution is 2.35. The zero-order chi connectivity index (χ0) is 30.7. The summed E-state index contributed by atoms with van der Waals surface area (Å²) >= 11 is 1.94. The summed E-state index contributed by atoms with van der Waals surface area (Å²) in [5.41, 5.74) is -0.757. The number of hydrogen-bond acceptors (Lipinski definition) is 9. The molecule has 0 aliphatic rings. The lowest BCUT2D eigenvalue weighted by Gasteiger charge is -2.13. The maximum Gasteiger partial charge on any atom is 0.357 e. The molecule has 0 unspecified atom stereocenters. The Hall–Kier alpha value is -3.03. The molecule has 1 heterocycles. The molecule has 16 heteroatoms. The Morgan fingerprint density at radius 1 is 0.833 bits per heavy atom. The van der Waals surface area contributed by atoms with Crippen molar-refractivity contribution in [2.75, 3.05) is 26.8 Å². The number of aromatic nitrogens is 1. The van der Waals surface area contributed by atoms with Gasteiger partial charge in [-0.3, -0.25) is 0 Å². The lowest BCUT2D eigenvalue weighted by Crippen LogP contribution is -2.35. The highest BCUT2D eigenvalue weighted by molar-refractivity contribution is 14.1. The van der Waals surface area contributed by atoms with Gasteiger partial charge in [-0.25, -0.2) is 43.5 Å². The van der Waals surface area contributed by atoms with Gasteiger partial charge in [0.1, 0.15) is 10.6 Å². The van der Waals surface area contributed by atoms with E-state index in [0.29, 0.717) is 13.3 Å². The number of nitrogens with one attached hydrogen (secondary N) is 2. The molecule has 0 atom stereocenters. The van der Waals surface area contributed by atoms with Crippen LogP contribution in [0.25, 0.3) is 10.9 Å². The topological polar surface area (TPSA) is 167 Å². The summed E-state index contributed by atoms with van der Waals surface area (Å²) in [6.07, 6.45) is 0. The number of hydrogen-bond donors (Lipinski definition) is 2. The summed E-state index contributed by atoms with van der Waals surface area (Å²) in [7, 11) is -11.6. The van der Waals surface area contributed by atoms with Crippen molar-refractivity contribution in [1.82, 2.24) is 13.4 Å². The molecule has 4 rings (SSSR count). The van der Waals surface area contributed by atoms with Gasteiger partial charge in [-0.2, -0.15) is 0 Å². The van der Waals surface area contributed by atoms with Gasteiger partial charge < -0.3 is 9.47 Å². The molecular formula is C26H26IN3O9S3. The predicted molar refractivity (Wildman–Crippen MR) is 163 cm³/mol. The third kappa shape index (κ3) is 6.47. The molecule has 224 valence electrons. The minimum absolute atomic E-state index is 0.0317. The van der Waals surface area contributed by atoms with Crippen LogP contribution in [0.1, 0.15) is 17.4 Å². The number of rotatable bonds is 12. The second kappa shape index (κ2) is 12.7. The fourth-order valence-corrected chi connectivity index (χ4v) is 8.60. The first-order valence-corrected chi connectivity index (χ1v) is 17.8. The van der Waals surface area contributed by atoms with Gasteiger partial charge in [0.2, 0.25) is 20.0 Å². The van der Waals surface area contributed by atoms with Gasteiger partial charge in [0, 0.05) is 22.0 Å². The lowest BCUT2D eigenvalue weighted by molar-refractivity contribution is 0.0514. The molecule has 0 saturated heterocycles. The SMILES string of the molecule is CCOC(=O)c1c(S(=O)(=O)NCCNS(=O)(=O)c2ccc(OC)cc2)c2cc(I)ccc2n1S(=O)(=O)c1ccccc1. The molecule has 12 nitrogen and oxygen atoms in total. The summed E-state index contributed by atoms with van der Waals surface area (Å²) in [4.78, 5) is 12.4. The van der Waals surface area contributed by atoms with Crippen LogP contribution >= 0.6 is 22.6 Å². The number of fused-ring (bicyclic) bond motifs is 1. The fourth-order valence-electron chi connectivity index (χ4n) is 4.08. The first-order chi connectivity index (χ1) is 19.8. The van der Waals surface area contributed by atoms with Crippen LogP contribution in [-0.2, 0) is 34.8 Å². The fraction of sp³-hybridized carbons (Fsp3) is 0.192. The van der Waals surface area contributed by atoms with E-state index in [9.17, 15) is 30.0 Å². The van der Waals surface area contributed by atoms with Gasteiger partial charge in [0.15, 0.2) is 5.69 Å².